The first kappa shape index (κ1) is 24.0. The van der Waals surface area contributed by atoms with Crippen LogP contribution in [-0.4, -0.2) is 28.2 Å². The van der Waals surface area contributed by atoms with Crippen LogP contribution in [0.25, 0.3) is 33.0 Å². The third-order valence-corrected chi connectivity index (χ3v) is 8.51. The molecular formula is C31H31B3O. The molecule has 0 saturated carbocycles. The lowest BCUT2D eigenvalue weighted by Crippen LogP contribution is -2.48. The maximum atomic E-state index is 6.81. The van der Waals surface area contributed by atoms with Gasteiger partial charge in [-0.15, -0.1) is 0 Å². The number of hydrogen-bond donors (Lipinski definition) is 0. The molecule has 1 heterocycles. The molecule has 0 spiro atoms. The van der Waals surface area contributed by atoms with Crippen LogP contribution < -0.4 is 16.4 Å². The maximum absolute atomic E-state index is 6.81. The highest BCUT2D eigenvalue weighted by atomic mass is 16.5. The molecule has 1 nitrogen and oxygen atoms in total. The molecule has 4 radical (unpaired) electrons. The average Bonchev–Trinajstić information content (AvgIpc) is 3.04. The first-order chi connectivity index (χ1) is 16.5. The normalized spacial score (nSPS) is 16.7. The summed E-state index contributed by atoms with van der Waals surface area (Å²) in [7, 11) is 13.6. The van der Waals surface area contributed by atoms with Crippen LogP contribution in [0.2, 0.25) is 6.32 Å². The van der Waals surface area contributed by atoms with Gasteiger partial charge >= 0.3 is 6.92 Å². The second-order valence-electron chi connectivity index (χ2n) is 11.1. The Morgan fingerprint density at radius 3 is 1.91 bits per heavy atom. The minimum atomic E-state index is -0.240. The first-order valence-corrected chi connectivity index (χ1v) is 12.5. The SMILES string of the molecule is [B]c1c(C)c([B])c(-c2cccc3c(-c4ccccc4)cccc23)c(C)c1B1CC(C)(C)C(C)(C)O1. The molecule has 1 aliphatic heterocycles. The summed E-state index contributed by atoms with van der Waals surface area (Å²) in [5, 5.41) is 2.40. The third kappa shape index (κ3) is 3.78. The molecule has 5 rings (SSSR count). The van der Waals surface area contributed by atoms with Crippen LogP contribution in [0.4, 0.5) is 0 Å². The summed E-state index contributed by atoms with van der Waals surface area (Å²) in [6, 6.07) is 23.6. The number of hydrogen-bond acceptors (Lipinski definition) is 1. The molecule has 0 aromatic heterocycles. The van der Waals surface area contributed by atoms with Gasteiger partial charge in [0.2, 0.25) is 0 Å². The average molecular weight is 452 g/mol. The van der Waals surface area contributed by atoms with E-state index in [2.05, 4.69) is 101 Å². The van der Waals surface area contributed by atoms with Gasteiger partial charge in [0.1, 0.15) is 15.7 Å². The topological polar surface area (TPSA) is 9.23 Å². The van der Waals surface area contributed by atoms with Gasteiger partial charge in [0.05, 0.1) is 5.60 Å². The van der Waals surface area contributed by atoms with Crippen LogP contribution in [0.1, 0.15) is 38.8 Å². The predicted molar refractivity (Wildman–Crippen MR) is 154 cm³/mol. The molecule has 4 aromatic carbocycles. The minimum Gasteiger partial charge on any atom is -0.426 e. The van der Waals surface area contributed by atoms with Crippen molar-refractivity contribution in [1.29, 1.82) is 0 Å². The first-order valence-electron chi connectivity index (χ1n) is 12.5. The molecule has 0 bridgehead atoms. The fourth-order valence-electron chi connectivity index (χ4n) is 5.66. The molecule has 4 heteroatoms. The summed E-state index contributed by atoms with van der Waals surface area (Å²) in [6.45, 7) is 13.0. The molecule has 0 atom stereocenters. The van der Waals surface area contributed by atoms with Gasteiger partial charge in [-0.05, 0) is 78.0 Å². The van der Waals surface area contributed by atoms with Crippen molar-refractivity contribution in [2.45, 2.75) is 53.5 Å². The summed E-state index contributed by atoms with van der Waals surface area (Å²) >= 11 is 0. The molecule has 35 heavy (non-hydrogen) atoms. The van der Waals surface area contributed by atoms with E-state index in [-0.39, 0.29) is 17.9 Å². The maximum Gasteiger partial charge on any atom is 0.327 e. The highest BCUT2D eigenvalue weighted by Crippen LogP contribution is 2.45. The molecule has 1 saturated heterocycles. The molecular weight excluding hydrogens is 421 g/mol. The Morgan fingerprint density at radius 1 is 0.714 bits per heavy atom. The van der Waals surface area contributed by atoms with Crippen molar-refractivity contribution in [3.05, 3.63) is 77.9 Å². The Labute approximate surface area is 213 Å². The van der Waals surface area contributed by atoms with Crippen molar-refractivity contribution in [3.63, 3.8) is 0 Å². The van der Waals surface area contributed by atoms with E-state index in [4.69, 9.17) is 20.3 Å². The van der Waals surface area contributed by atoms with Gasteiger partial charge in [-0.25, -0.2) is 0 Å². The van der Waals surface area contributed by atoms with E-state index >= 15 is 0 Å². The Kier molecular flexibility index (Phi) is 5.80. The number of fused-ring (bicyclic) bond motifs is 1. The van der Waals surface area contributed by atoms with Crippen molar-refractivity contribution < 1.29 is 4.65 Å². The Bertz CT molecular complexity index is 1420. The zero-order valence-corrected chi connectivity index (χ0v) is 21.7. The van der Waals surface area contributed by atoms with Crippen molar-refractivity contribution in [1.82, 2.24) is 0 Å². The van der Waals surface area contributed by atoms with Crippen LogP contribution in [-0.2, 0) is 4.65 Å². The minimum absolute atomic E-state index is 0.0377. The third-order valence-electron chi connectivity index (χ3n) is 8.51. The predicted octanol–water partition coefficient (Wildman–Crippen LogP) is 5.41. The summed E-state index contributed by atoms with van der Waals surface area (Å²) in [5.74, 6) is 0. The van der Waals surface area contributed by atoms with E-state index in [9.17, 15) is 0 Å². The lowest BCUT2D eigenvalue weighted by atomic mass is 9.49. The second kappa shape index (κ2) is 8.45. The zero-order chi connectivity index (χ0) is 25.1. The molecule has 0 unspecified atom stereocenters. The Balaban J connectivity index is 1.76. The number of rotatable bonds is 3. The van der Waals surface area contributed by atoms with Gasteiger partial charge in [0.25, 0.3) is 0 Å². The molecule has 4 aromatic rings. The highest BCUT2D eigenvalue weighted by molar-refractivity contribution is 6.74. The van der Waals surface area contributed by atoms with Gasteiger partial charge in [-0.2, -0.15) is 0 Å². The van der Waals surface area contributed by atoms with E-state index in [1.54, 1.807) is 0 Å². The van der Waals surface area contributed by atoms with Crippen molar-refractivity contribution in [2.24, 2.45) is 5.41 Å². The van der Waals surface area contributed by atoms with Gasteiger partial charge in [0.15, 0.2) is 0 Å². The van der Waals surface area contributed by atoms with Crippen LogP contribution in [0.5, 0.6) is 0 Å². The lowest BCUT2D eigenvalue weighted by Gasteiger charge is -2.34. The highest BCUT2D eigenvalue weighted by Gasteiger charge is 2.50. The molecule has 170 valence electrons. The number of benzene rings is 4. The van der Waals surface area contributed by atoms with Gasteiger partial charge in [-0.1, -0.05) is 103 Å². The summed E-state index contributed by atoms with van der Waals surface area (Å²) in [5.41, 5.74) is 9.06. The molecule has 1 fully saturated rings. The van der Waals surface area contributed by atoms with Crippen LogP contribution in [0.3, 0.4) is 0 Å². The molecule has 0 N–H and O–H groups in total. The van der Waals surface area contributed by atoms with E-state index in [1.165, 1.54) is 21.9 Å². The monoisotopic (exact) mass is 452 g/mol. The zero-order valence-electron chi connectivity index (χ0n) is 21.7. The standard InChI is InChI=1S/C31H31B3O/c1-19-26(27(32)20(2)28(33)29(19)34-18-30(3,4)31(5,6)35-34)25-17-11-15-23-22(14-10-16-24(23)25)21-12-8-7-9-13-21/h7-17H,18H2,1-6H3. The molecule has 1 aliphatic rings. The smallest absolute Gasteiger partial charge is 0.327 e. The quantitative estimate of drug-likeness (QED) is 0.378. The molecule has 0 aliphatic carbocycles. The molecule has 0 amide bonds. The Morgan fingerprint density at radius 2 is 1.31 bits per heavy atom. The van der Waals surface area contributed by atoms with Crippen molar-refractivity contribution in [2.75, 3.05) is 0 Å². The fraction of sp³-hybridized carbons (Fsp3) is 0.290. The van der Waals surface area contributed by atoms with E-state index in [0.717, 1.165) is 45.0 Å². The van der Waals surface area contributed by atoms with Gasteiger partial charge in [0, 0.05) is 0 Å². The summed E-state index contributed by atoms with van der Waals surface area (Å²) in [6.07, 6.45) is 0.918. The van der Waals surface area contributed by atoms with Crippen LogP contribution in [0.15, 0.2) is 66.7 Å². The largest absolute Gasteiger partial charge is 0.426 e. The van der Waals surface area contributed by atoms with E-state index in [1.807, 2.05) is 6.92 Å². The van der Waals surface area contributed by atoms with Crippen LogP contribution in [0, 0.1) is 19.3 Å². The fourth-order valence-corrected chi connectivity index (χ4v) is 5.66. The Hall–Kier alpha value is -2.71. The van der Waals surface area contributed by atoms with E-state index in [0.29, 0.717) is 0 Å². The van der Waals surface area contributed by atoms with Gasteiger partial charge in [-0.3, -0.25) is 0 Å². The second-order valence-corrected chi connectivity index (χ2v) is 11.1. The van der Waals surface area contributed by atoms with E-state index < -0.39 is 0 Å². The van der Waals surface area contributed by atoms with Crippen LogP contribution >= 0.6 is 0 Å². The summed E-state index contributed by atoms with van der Waals surface area (Å²) < 4.78 is 6.64. The lowest BCUT2D eigenvalue weighted by molar-refractivity contribution is 0.0375. The van der Waals surface area contributed by atoms with Crippen molar-refractivity contribution in [3.8, 4) is 22.3 Å². The van der Waals surface area contributed by atoms with Crippen molar-refractivity contribution >= 4 is 49.8 Å². The van der Waals surface area contributed by atoms with Gasteiger partial charge < -0.3 is 4.65 Å². The summed E-state index contributed by atoms with van der Waals surface area (Å²) in [4.78, 5) is 0.